The van der Waals surface area contributed by atoms with Gasteiger partial charge in [-0.1, -0.05) is 36.4 Å². The predicted molar refractivity (Wildman–Crippen MR) is 120 cm³/mol. The summed E-state index contributed by atoms with van der Waals surface area (Å²) < 4.78 is 0. The molecule has 144 valence electrons. The van der Waals surface area contributed by atoms with Crippen LogP contribution in [0.5, 0.6) is 0 Å². The van der Waals surface area contributed by atoms with E-state index in [9.17, 15) is 5.26 Å². The van der Waals surface area contributed by atoms with Gasteiger partial charge in [0.1, 0.15) is 23.8 Å². The van der Waals surface area contributed by atoms with Crippen molar-refractivity contribution in [3.8, 4) is 18.2 Å². The lowest BCUT2D eigenvalue weighted by Crippen LogP contribution is -2.21. The molecular formula is C24H22N4S. The van der Waals surface area contributed by atoms with E-state index in [-0.39, 0.29) is 11.1 Å². The fourth-order valence-corrected chi connectivity index (χ4v) is 3.79. The molecule has 0 unspecified atom stereocenters. The molecule has 0 saturated heterocycles. The van der Waals surface area contributed by atoms with E-state index in [2.05, 4.69) is 49.1 Å². The SMILES string of the molecule is CCN(CC)c1ccc(/C=C/C=C/Cc2ccc(C(C#N)=C(C#N)C#N)s2)cc1. The molecule has 0 aliphatic carbocycles. The van der Waals surface area contributed by atoms with Gasteiger partial charge in [-0.25, -0.2) is 0 Å². The number of thiophene rings is 1. The predicted octanol–water partition coefficient (Wildman–Crippen LogP) is 5.73. The Morgan fingerprint density at radius 2 is 1.62 bits per heavy atom. The highest BCUT2D eigenvalue weighted by molar-refractivity contribution is 7.13. The van der Waals surface area contributed by atoms with E-state index in [0.717, 1.165) is 30.0 Å². The maximum Gasteiger partial charge on any atom is 0.148 e. The van der Waals surface area contributed by atoms with Crippen molar-refractivity contribution in [2.45, 2.75) is 20.3 Å². The van der Waals surface area contributed by atoms with Crippen LogP contribution in [0.1, 0.15) is 29.2 Å². The minimum Gasteiger partial charge on any atom is -0.372 e. The van der Waals surface area contributed by atoms with Crippen LogP contribution in [0.2, 0.25) is 0 Å². The van der Waals surface area contributed by atoms with E-state index in [1.165, 1.54) is 17.0 Å². The molecule has 0 spiro atoms. The van der Waals surface area contributed by atoms with Gasteiger partial charge < -0.3 is 4.90 Å². The number of anilines is 1. The first-order valence-corrected chi connectivity index (χ1v) is 10.2. The van der Waals surface area contributed by atoms with Crippen molar-refractivity contribution >= 4 is 28.7 Å². The van der Waals surface area contributed by atoms with Crippen LogP contribution in [0.3, 0.4) is 0 Å². The summed E-state index contributed by atoms with van der Waals surface area (Å²) in [4.78, 5) is 4.03. The molecule has 1 heterocycles. The molecule has 1 aromatic heterocycles. The molecule has 4 nitrogen and oxygen atoms in total. The van der Waals surface area contributed by atoms with Crippen molar-refractivity contribution in [1.29, 1.82) is 15.8 Å². The Balaban J connectivity index is 1.97. The summed E-state index contributed by atoms with van der Waals surface area (Å²) >= 11 is 1.42. The van der Waals surface area contributed by atoms with Crippen molar-refractivity contribution in [2.24, 2.45) is 0 Å². The molecule has 29 heavy (non-hydrogen) atoms. The molecule has 0 amide bonds. The second-order valence-electron chi connectivity index (χ2n) is 6.11. The number of rotatable bonds is 8. The first-order valence-electron chi connectivity index (χ1n) is 9.38. The second kappa shape index (κ2) is 11.3. The van der Waals surface area contributed by atoms with Crippen LogP contribution in [0.15, 0.2) is 60.2 Å². The van der Waals surface area contributed by atoms with E-state index >= 15 is 0 Å². The summed E-state index contributed by atoms with van der Waals surface area (Å²) in [5.74, 6) is 0. The third-order valence-electron chi connectivity index (χ3n) is 4.37. The van der Waals surface area contributed by atoms with E-state index in [1.807, 2.05) is 30.4 Å². The smallest absolute Gasteiger partial charge is 0.148 e. The van der Waals surface area contributed by atoms with Gasteiger partial charge in [-0.2, -0.15) is 15.8 Å². The summed E-state index contributed by atoms with van der Waals surface area (Å²) in [6.07, 6.45) is 8.83. The zero-order chi connectivity index (χ0) is 21.1. The number of nitrogens with zero attached hydrogens (tertiary/aromatic N) is 4. The van der Waals surface area contributed by atoms with Crippen molar-refractivity contribution in [3.63, 3.8) is 0 Å². The Labute approximate surface area is 176 Å². The minimum absolute atomic E-state index is 0.142. The van der Waals surface area contributed by atoms with Crippen molar-refractivity contribution in [1.82, 2.24) is 0 Å². The van der Waals surface area contributed by atoms with E-state index in [1.54, 1.807) is 18.2 Å². The van der Waals surface area contributed by atoms with Gasteiger partial charge in [-0.3, -0.25) is 0 Å². The Hall–Kier alpha value is -3.59. The van der Waals surface area contributed by atoms with Gasteiger partial charge in [-0.05, 0) is 43.7 Å². The summed E-state index contributed by atoms with van der Waals surface area (Å²) in [7, 11) is 0. The molecule has 0 aliphatic heterocycles. The molecule has 0 saturated carbocycles. The van der Waals surface area contributed by atoms with Crippen LogP contribution in [0.4, 0.5) is 5.69 Å². The van der Waals surface area contributed by atoms with E-state index < -0.39 is 0 Å². The molecule has 0 N–H and O–H groups in total. The van der Waals surface area contributed by atoms with Crippen molar-refractivity contribution < 1.29 is 0 Å². The summed E-state index contributed by atoms with van der Waals surface area (Å²) in [6, 6.07) is 17.7. The van der Waals surface area contributed by atoms with Gasteiger partial charge in [-0.15, -0.1) is 11.3 Å². The zero-order valence-electron chi connectivity index (χ0n) is 16.6. The normalized spacial score (nSPS) is 10.4. The molecule has 0 aliphatic rings. The summed E-state index contributed by atoms with van der Waals surface area (Å²) in [5.41, 5.74) is 2.38. The molecular weight excluding hydrogens is 376 g/mol. The van der Waals surface area contributed by atoms with Gasteiger partial charge in [0.05, 0.1) is 5.57 Å². The third-order valence-corrected chi connectivity index (χ3v) is 5.50. The molecule has 1 aromatic carbocycles. The minimum atomic E-state index is -0.147. The number of hydrogen-bond acceptors (Lipinski definition) is 5. The van der Waals surface area contributed by atoms with Crippen LogP contribution in [-0.4, -0.2) is 13.1 Å². The van der Waals surface area contributed by atoms with Crippen LogP contribution in [0.25, 0.3) is 11.6 Å². The number of benzene rings is 1. The quantitative estimate of drug-likeness (QED) is 0.420. The van der Waals surface area contributed by atoms with Gasteiger partial charge in [0.2, 0.25) is 0 Å². The van der Waals surface area contributed by atoms with Crippen LogP contribution in [-0.2, 0) is 6.42 Å². The lowest BCUT2D eigenvalue weighted by atomic mass is 10.1. The van der Waals surface area contributed by atoms with Crippen molar-refractivity contribution in [2.75, 3.05) is 18.0 Å². The average molecular weight is 399 g/mol. The largest absolute Gasteiger partial charge is 0.372 e. The van der Waals surface area contributed by atoms with Crippen LogP contribution < -0.4 is 4.90 Å². The topological polar surface area (TPSA) is 74.6 Å². The van der Waals surface area contributed by atoms with E-state index in [4.69, 9.17) is 10.5 Å². The fourth-order valence-electron chi connectivity index (χ4n) is 2.81. The molecule has 2 aromatic rings. The lowest BCUT2D eigenvalue weighted by molar-refractivity contribution is 0.866. The Kier molecular flexibility index (Phi) is 8.46. The number of nitriles is 3. The highest BCUT2D eigenvalue weighted by Gasteiger charge is 2.11. The highest BCUT2D eigenvalue weighted by atomic mass is 32.1. The van der Waals surface area contributed by atoms with Gasteiger partial charge in [0, 0.05) is 35.0 Å². The summed E-state index contributed by atoms with van der Waals surface area (Å²) in [6.45, 7) is 6.31. The Bertz CT molecular complexity index is 1010. The molecule has 2 rings (SSSR count). The van der Waals surface area contributed by atoms with Crippen molar-refractivity contribution in [3.05, 3.63) is 75.5 Å². The van der Waals surface area contributed by atoms with Gasteiger partial charge >= 0.3 is 0 Å². The first kappa shape index (κ1) is 21.7. The van der Waals surface area contributed by atoms with E-state index in [0.29, 0.717) is 4.88 Å². The third kappa shape index (κ3) is 5.94. The number of hydrogen-bond donors (Lipinski definition) is 0. The Morgan fingerprint density at radius 1 is 0.931 bits per heavy atom. The average Bonchev–Trinajstić information content (AvgIpc) is 3.22. The standard InChI is InChI=1S/C24H22N4S/c1-3-28(4-2)21-12-10-19(11-13-21)8-6-5-7-9-22-14-15-24(29-22)23(18-27)20(16-25)17-26/h5-8,10-15H,3-4,9H2,1-2H3/b7-5+,8-6+. The monoisotopic (exact) mass is 398 g/mol. The summed E-state index contributed by atoms with van der Waals surface area (Å²) in [5, 5.41) is 27.1. The molecule has 0 atom stereocenters. The molecule has 0 fully saturated rings. The zero-order valence-corrected chi connectivity index (χ0v) is 17.4. The van der Waals surface area contributed by atoms with Crippen LogP contribution >= 0.6 is 11.3 Å². The van der Waals surface area contributed by atoms with Crippen LogP contribution in [0, 0.1) is 34.0 Å². The molecule has 0 bridgehead atoms. The maximum atomic E-state index is 9.22. The van der Waals surface area contributed by atoms with Gasteiger partial charge in [0.25, 0.3) is 0 Å². The Morgan fingerprint density at radius 3 is 2.21 bits per heavy atom. The fraction of sp³-hybridized carbons (Fsp3) is 0.208. The first-order chi connectivity index (χ1) is 14.2. The van der Waals surface area contributed by atoms with Gasteiger partial charge in [0.15, 0.2) is 0 Å². The highest BCUT2D eigenvalue weighted by Crippen LogP contribution is 2.26. The number of allylic oxidation sites excluding steroid dienone is 5. The maximum absolute atomic E-state index is 9.22. The molecule has 5 heteroatoms. The lowest BCUT2D eigenvalue weighted by Gasteiger charge is -2.20. The molecule has 0 radical (unpaired) electrons. The second-order valence-corrected chi connectivity index (χ2v) is 7.27.